The summed E-state index contributed by atoms with van der Waals surface area (Å²) in [5.74, 6) is -0.676. The number of nitrogens with one attached hydrogen (secondary N) is 2. The number of anilines is 1. The van der Waals surface area contributed by atoms with Gasteiger partial charge in [0.15, 0.2) is 0 Å². The van der Waals surface area contributed by atoms with Crippen LogP contribution < -0.4 is 10.6 Å². The smallest absolute Gasteiger partial charge is 0.277 e. The lowest BCUT2D eigenvalue weighted by atomic mass is 9.85. The van der Waals surface area contributed by atoms with Crippen LogP contribution in [0, 0.1) is 5.92 Å². The van der Waals surface area contributed by atoms with Gasteiger partial charge in [0.05, 0.1) is 5.71 Å². The molecule has 0 fully saturated rings. The zero-order chi connectivity index (χ0) is 18.8. The van der Waals surface area contributed by atoms with E-state index in [4.69, 9.17) is 0 Å². The van der Waals surface area contributed by atoms with Crippen molar-refractivity contribution in [2.75, 3.05) is 5.32 Å². The Morgan fingerprint density at radius 3 is 2.50 bits per heavy atom. The van der Waals surface area contributed by atoms with E-state index in [9.17, 15) is 14.4 Å². The maximum Gasteiger partial charge on any atom is 0.277 e. The molecule has 3 amide bonds. The SMILES string of the molecule is CC(=O)Nc1ccc(C(=O)N=C2C=CC3C(=C2)NC(=O)C(C)=C3C)cc1. The number of carbonyl (C=O) groups excluding carboxylic acids is 3. The minimum absolute atomic E-state index is 0.0127. The van der Waals surface area contributed by atoms with Gasteiger partial charge in [0.2, 0.25) is 5.91 Å². The van der Waals surface area contributed by atoms with Gasteiger partial charge in [-0.1, -0.05) is 11.6 Å². The van der Waals surface area contributed by atoms with Gasteiger partial charge < -0.3 is 10.6 Å². The minimum Gasteiger partial charge on any atom is -0.326 e. The topological polar surface area (TPSA) is 87.6 Å². The van der Waals surface area contributed by atoms with Crippen molar-refractivity contribution in [2.45, 2.75) is 20.8 Å². The van der Waals surface area contributed by atoms with E-state index in [-0.39, 0.29) is 23.6 Å². The van der Waals surface area contributed by atoms with E-state index in [2.05, 4.69) is 15.6 Å². The third-order valence-corrected chi connectivity index (χ3v) is 4.44. The van der Waals surface area contributed by atoms with Gasteiger partial charge >= 0.3 is 0 Å². The summed E-state index contributed by atoms with van der Waals surface area (Å²) in [5.41, 5.74) is 3.96. The molecular weight excluding hydrogens is 330 g/mol. The average molecular weight is 349 g/mol. The Morgan fingerprint density at radius 2 is 1.85 bits per heavy atom. The largest absolute Gasteiger partial charge is 0.326 e. The predicted molar refractivity (Wildman–Crippen MR) is 99.7 cm³/mol. The number of allylic oxidation sites excluding steroid dienone is 3. The van der Waals surface area contributed by atoms with E-state index >= 15 is 0 Å². The van der Waals surface area contributed by atoms with Crippen LogP contribution >= 0.6 is 0 Å². The number of benzene rings is 1. The average Bonchev–Trinajstić information content (AvgIpc) is 2.59. The van der Waals surface area contributed by atoms with Crippen LogP contribution in [0.15, 0.2) is 64.3 Å². The number of nitrogens with zero attached hydrogens (tertiary/aromatic N) is 1. The molecule has 2 aliphatic rings. The highest BCUT2D eigenvalue weighted by Gasteiger charge is 2.27. The molecular formula is C20H19N3O3. The summed E-state index contributed by atoms with van der Waals surface area (Å²) in [7, 11) is 0. The lowest BCUT2D eigenvalue weighted by Gasteiger charge is -2.28. The summed E-state index contributed by atoms with van der Waals surface area (Å²) >= 11 is 0. The Hall–Kier alpha value is -3.28. The summed E-state index contributed by atoms with van der Waals surface area (Å²) in [6, 6.07) is 6.52. The minimum atomic E-state index is -0.389. The molecule has 1 aromatic carbocycles. The molecule has 0 saturated carbocycles. The van der Waals surface area contributed by atoms with Gasteiger partial charge in [0.1, 0.15) is 0 Å². The van der Waals surface area contributed by atoms with Crippen molar-refractivity contribution in [3.8, 4) is 0 Å². The second-order valence-corrected chi connectivity index (χ2v) is 6.30. The van der Waals surface area contributed by atoms with Gasteiger partial charge in [-0.15, -0.1) is 0 Å². The van der Waals surface area contributed by atoms with E-state index in [1.165, 1.54) is 6.92 Å². The summed E-state index contributed by atoms with van der Waals surface area (Å²) in [5, 5.41) is 5.49. The molecule has 26 heavy (non-hydrogen) atoms. The maximum absolute atomic E-state index is 12.4. The van der Waals surface area contributed by atoms with Gasteiger partial charge in [0.25, 0.3) is 11.8 Å². The monoisotopic (exact) mass is 349 g/mol. The second kappa shape index (κ2) is 6.92. The fraction of sp³-hybridized carbons (Fsp3) is 0.200. The van der Waals surface area contributed by atoms with Crippen LogP contribution in [0.1, 0.15) is 31.1 Å². The van der Waals surface area contributed by atoms with Gasteiger partial charge in [0, 0.05) is 35.4 Å². The molecule has 0 aromatic heterocycles. The summed E-state index contributed by atoms with van der Waals surface area (Å²) < 4.78 is 0. The predicted octanol–water partition coefficient (Wildman–Crippen LogP) is 2.76. The van der Waals surface area contributed by atoms with Crippen LogP contribution in [0.25, 0.3) is 0 Å². The first-order valence-electron chi connectivity index (χ1n) is 8.24. The number of hydrogen-bond donors (Lipinski definition) is 2. The Kier molecular flexibility index (Phi) is 4.67. The van der Waals surface area contributed by atoms with Crippen LogP contribution in [-0.2, 0) is 9.59 Å². The summed E-state index contributed by atoms with van der Waals surface area (Å²) in [6.07, 6.45) is 5.44. The fourth-order valence-electron chi connectivity index (χ4n) is 2.88. The maximum atomic E-state index is 12.4. The van der Waals surface area contributed by atoms with E-state index in [0.29, 0.717) is 22.5 Å². The standard InChI is InChI=1S/C20H19N3O3/c1-11-12(2)19(25)23-18-10-16(8-9-17(11)18)22-20(26)14-4-6-15(7-5-14)21-13(3)24/h4-10,17H,1-3H3,(H,21,24)(H,23,25). The van der Waals surface area contributed by atoms with Crippen molar-refractivity contribution in [2.24, 2.45) is 10.9 Å². The number of amides is 3. The lowest BCUT2D eigenvalue weighted by molar-refractivity contribution is -0.117. The first kappa shape index (κ1) is 17.5. The Balaban J connectivity index is 1.80. The number of carbonyl (C=O) groups is 3. The van der Waals surface area contributed by atoms with E-state index in [1.54, 1.807) is 43.3 Å². The molecule has 0 radical (unpaired) electrons. The van der Waals surface area contributed by atoms with Crippen LogP contribution in [-0.4, -0.2) is 23.4 Å². The molecule has 1 aliphatic heterocycles. The van der Waals surface area contributed by atoms with Crippen LogP contribution in [0.5, 0.6) is 0 Å². The van der Waals surface area contributed by atoms with Crippen molar-refractivity contribution in [3.05, 3.63) is 64.9 Å². The van der Waals surface area contributed by atoms with Crippen molar-refractivity contribution in [1.82, 2.24) is 5.32 Å². The van der Waals surface area contributed by atoms with Gasteiger partial charge in [-0.25, -0.2) is 4.99 Å². The normalized spacial score (nSPS) is 20.4. The van der Waals surface area contributed by atoms with Crippen LogP contribution in [0.4, 0.5) is 5.69 Å². The molecule has 1 unspecified atom stereocenters. The molecule has 6 heteroatoms. The molecule has 0 bridgehead atoms. The number of aliphatic imine (C=N–C) groups is 1. The molecule has 1 aromatic rings. The quantitative estimate of drug-likeness (QED) is 0.860. The molecule has 2 N–H and O–H groups in total. The molecule has 3 rings (SSSR count). The van der Waals surface area contributed by atoms with Crippen LogP contribution in [0.2, 0.25) is 0 Å². The van der Waals surface area contributed by atoms with Gasteiger partial charge in [-0.2, -0.15) is 0 Å². The number of fused-ring (bicyclic) bond motifs is 1. The fourth-order valence-corrected chi connectivity index (χ4v) is 2.88. The molecule has 0 spiro atoms. The number of hydrogen-bond acceptors (Lipinski definition) is 3. The summed E-state index contributed by atoms with van der Waals surface area (Å²) in [4.78, 5) is 39.4. The number of rotatable bonds is 2. The lowest BCUT2D eigenvalue weighted by Crippen LogP contribution is -2.35. The highest BCUT2D eigenvalue weighted by atomic mass is 16.2. The molecule has 0 saturated heterocycles. The molecule has 1 heterocycles. The molecule has 6 nitrogen and oxygen atoms in total. The Labute approximate surface area is 151 Å². The Bertz CT molecular complexity index is 918. The van der Waals surface area contributed by atoms with Crippen molar-refractivity contribution >= 4 is 29.1 Å². The third kappa shape index (κ3) is 3.54. The zero-order valence-electron chi connectivity index (χ0n) is 14.8. The molecule has 1 atom stereocenters. The first-order valence-corrected chi connectivity index (χ1v) is 8.24. The zero-order valence-corrected chi connectivity index (χ0v) is 14.8. The highest BCUT2D eigenvalue weighted by Crippen LogP contribution is 2.29. The summed E-state index contributed by atoms with van der Waals surface area (Å²) in [6.45, 7) is 5.15. The Morgan fingerprint density at radius 1 is 1.15 bits per heavy atom. The third-order valence-electron chi connectivity index (χ3n) is 4.44. The van der Waals surface area contributed by atoms with Crippen molar-refractivity contribution < 1.29 is 14.4 Å². The van der Waals surface area contributed by atoms with Crippen LogP contribution in [0.3, 0.4) is 0 Å². The van der Waals surface area contributed by atoms with Gasteiger partial charge in [-0.05, 0) is 50.3 Å². The van der Waals surface area contributed by atoms with E-state index in [0.717, 1.165) is 11.3 Å². The van der Waals surface area contributed by atoms with E-state index in [1.807, 2.05) is 13.0 Å². The molecule has 1 aliphatic carbocycles. The van der Waals surface area contributed by atoms with Crippen molar-refractivity contribution in [3.63, 3.8) is 0 Å². The van der Waals surface area contributed by atoms with E-state index < -0.39 is 0 Å². The first-order chi connectivity index (χ1) is 12.3. The molecule has 132 valence electrons. The van der Waals surface area contributed by atoms with Crippen molar-refractivity contribution in [1.29, 1.82) is 0 Å². The highest BCUT2D eigenvalue weighted by molar-refractivity contribution is 6.14. The second-order valence-electron chi connectivity index (χ2n) is 6.30. The van der Waals surface area contributed by atoms with Gasteiger partial charge in [-0.3, -0.25) is 14.4 Å².